The Bertz CT molecular complexity index is 280. The zero-order chi connectivity index (χ0) is 11.3. The summed E-state index contributed by atoms with van der Waals surface area (Å²) in [5.74, 6) is 0.749. The van der Waals surface area contributed by atoms with Crippen LogP contribution in [0.25, 0.3) is 0 Å². The third-order valence-electron chi connectivity index (χ3n) is 5.24. The summed E-state index contributed by atoms with van der Waals surface area (Å²) in [7, 11) is 0. The predicted octanol–water partition coefficient (Wildman–Crippen LogP) is 3.01. The summed E-state index contributed by atoms with van der Waals surface area (Å²) in [6.07, 6.45) is 3.51. The van der Waals surface area contributed by atoms with Crippen LogP contribution >= 0.6 is 0 Å². The molecule has 2 rings (SSSR count). The summed E-state index contributed by atoms with van der Waals surface area (Å²) in [4.78, 5) is 11.8. The molecule has 2 aliphatic rings. The molecule has 2 nitrogen and oxygen atoms in total. The molecular weight excluding hydrogens is 188 g/mol. The molecule has 86 valence electrons. The van der Waals surface area contributed by atoms with Crippen LogP contribution in [0.15, 0.2) is 0 Å². The predicted molar refractivity (Wildman–Crippen MR) is 59.4 cm³/mol. The van der Waals surface area contributed by atoms with Gasteiger partial charge in [0.1, 0.15) is 0 Å². The average Bonchev–Trinajstić information content (AvgIpc) is 2.49. The van der Waals surface area contributed by atoms with Crippen molar-refractivity contribution in [2.45, 2.75) is 47.0 Å². The van der Waals surface area contributed by atoms with Crippen LogP contribution < -0.4 is 0 Å². The summed E-state index contributed by atoms with van der Waals surface area (Å²) in [5.41, 5.74) is 0.666. The molecule has 0 aliphatic heterocycles. The Hall–Kier alpha value is -0.530. The Labute approximate surface area is 92.4 Å². The van der Waals surface area contributed by atoms with Gasteiger partial charge in [0.2, 0.25) is 0 Å². The number of fused-ring (bicyclic) bond motifs is 2. The lowest BCUT2D eigenvalue weighted by Crippen LogP contribution is -2.27. The zero-order valence-corrected chi connectivity index (χ0v) is 10.3. The minimum Gasteiger partial charge on any atom is -0.466 e. The van der Waals surface area contributed by atoms with Crippen molar-refractivity contribution < 1.29 is 9.53 Å². The van der Waals surface area contributed by atoms with Crippen molar-refractivity contribution in [1.82, 2.24) is 0 Å². The van der Waals surface area contributed by atoms with E-state index in [2.05, 4.69) is 20.8 Å². The molecule has 0 unspecified atom stereocenters. The molecule has 2 fully saturated rings. The summed E-state index contributed by atoms with van der Waals surface area (Å²) in [6, 6.07) is 0. The second kappa shape index (κ2) is 3.23. The second-order valence-corrected chi connectivity index (χ2v) is 5.99. The molecule has 0 spiro atoms. The third-order valence-corrected chi connectivity index (χ3v) is 5.24. The molecule has 0 aromatic carbocycles. The Kier molecular flexibility index (Phi) is 2.36. The molecule has 2 bridgehead atoms. The van der Waals surface area contributed by atoms with Gasteiger partial charge in [-0.05, 0) is 42.9 Å². The van der Waals surface area contributed by atoms with Crippen LogP contribution in [0, 0.1) is 22.7 Å². The highest BCUT2D eigenvalue weighted by Gasteiger charge is 2.62. The lowest BCUT2D eigenvalue weighted by Gasteiger charge is -2.34. The van der Waals surface area contributed by atoms with Crippen molar-refractivity contribution in [2.75, 3.05) is 6.61 Å². The van der Waals surface area contributed by atoms with Crippen molar-refractivity contribution in [3.8, 4) is 0 Å². The minimum atomic E-state index is 0.0407. The van der Waals surface area contributed by atoms with E-state index >= 15 is 0 Å². The first-order valence-corrected chi connectivity index (χ1v) is 6.09. The van der Waals surface area contributed by atoms with Crippen LogP contribution in [-0.2, 0) is 9.53 Å². The Balaban J connectivity index is 2.18. The van der Waals surface area contributed by atoms with Gasteiger partial charge in [-0.2, -0.15) is 0 Å². The third kappa shape index (κ3) is 1.33. The number of rotatable bonds is 2. The molecule has 0 aromatic rings. The zero-order valence-electron chi connectivity index (χ0n) is 10.3. The minimum absolute atomic E-state index is 0.0407. The molecule has 2 saturated carbocycles. The molecule has 2 aliphatic carbocycles. The fourth-order valence-corrected chi connectivity index (χ4v) is 3.80. The van der Waals surface area contributed by atoms with Crippen LogP contribution in [0.5, 0.6) is 0 Å². The lowest BCUT2D eigenvalue weighted by atomic mass is 9.71. The summed E-state index contributed by atoms with van der Waals surface area (Å²) < 4.78 is 5.18. The number of hydrogen-bond acceptors (Lipinski definition) is 2. The molecule has 3 atom stereocenters. The van der Waals surface area contributed by atoms with Gasteiger partial charge in [-0.1, -0.05) is 20.8 Å². The van der Waals surface area contributed by atoms with Crippen molar-refractivity contribution in [3.05, 3.63) is 0 Å². The maximum Gasteiger partial charge on any atom is 0.309 e. The highest BCUT2D eigenvalue weighted by Crippen LogP contribution is 2.67. The van der Waals surface area contributed by atoms with E-state index in [0.717, 1.165) is 6.42 Å². The quantitative estimate of drug-likeness (QED) is 0.655. The molecular formula is C13H22O2. The standard InChI is InChI=1S/C13H22O2/c1-5-15-11(14)9-8-13(4)7-6-10(9)12(13,2)3/h9-10H,5-8H2,1-4H3/t9-,10-,13+/m0/s1. The molecule has 0 N–H and O–H groups in total. The summed E-state index contributed by atoms with van der Waals surface area (Å²) >= 11 is 0. The fourth-order valence-electron chi connectivity index (χ4n) is 3.80. The maximum atomic E-state index is 11.8. The highest BCUT2D eigenvalue weighted by molar-refractivity contribution is 5.74. The maximum absolute atomic E-state index is 11.8. The van der Waals surface area contributed by atoms with Crippen LogP contribution in [0.4, 0.5) is 0 Å². The molecule has 0 radical (unpaired) electrons. The van der Waals surface area contributed by atoms with Gasteiger partial charge in [-0.15, -0.1) is 0 Å². The molecule has 0 heterocycles. The van der Waals surface area contributed by atoms with E-state index in [0.29, 0.717) is 23.4 Å². The number of carbonyl (C=O) groups excluding carboxylic acids is 1. The highest BCUT2D eigenvalue weighted by atomic mass is 16.5. The number of hydrogen-bond donors (Lipinski definition) is 0. The van der Waals surface area contributed by atoms with Gasteiger partial charge in [0.25, 0.3) is 0 Å². The van der Waals surface area contributed by atoms with E-state index in [-0.39, 0.29) is 11.9 Å². The van der Waals surface area contributed by atoms with Crippen molar-refractivity contribution in [2.24, 2.45) is 22.7 Å². The molecule has 15 heavy (non-hydrogen) atoms. The van der Waals surface area contributed by atoms with Gasteiger partial charge in [-0.3, -0.25) is 4.79 Å². The lowest BCUT2D eigenvalue weighted by molar-refractivity contribution is -0.150. The van der Waals surface area contributed by atoms with E-state index in [1.54, 1.807) is 0 Å². The molecule has 2 heteroatoms. The second-order valence-electron chi connectivity index (χ2n) is 5.99. The Morgan fingerprint density at radius 2 is 2.07 bits per heavy atom. The number of esters is 1. The van der Waals surface area contributed by atoms with Crippen LogP contribution in [0.3, 0.4) is 0 Å². The van der Waals surface area contributed by atoms with Gasteiger partial charge in [0, 0.05) is 0 Å². The topological polar surface area (TPSA) is 26.3 Å². The first-order valence-electron chi connectivity index (χ1n) is 6.09. The number of ether oxygens (including phenoxy) is 1. The normalized spacial score (nSPS) is 41.9. The van der Waals surface area contributed by atoms with Crippen molar-refractivity contribution in [1.29, 1.82) is 0 Å². The van der Waals surface area contributed by atoms with Crippen LogP contribution in [0.2, 0.25) is 0 Å². The Morgan fingerprint density at radius 3 is 2.47 bits per heavy atom. The van der Waals surface area contributed by atoms with E-state index in [1.165, 1.54) is 12.8 Å². The Morgan fingerprint density at radius 1 is 1.40 bits per heavy atom. The molecule has 0 aromatic heterocycles. The largest absolute Gasteiger partial charge is 0.466 e. The van der Waals surface area contributed by atoms with E-state index in [4.69, 9.17) is 4.74 Å². The monoisotopic (exact) mass is 210 g/mol. The smallest absolute Gasteiger partial charge is 0.309 e. The first kappa shape index (κ1) is 11.0. The van der Waals surface area contributed by atoms with Gasteiger partial charge in [0.15, 0.2) is 0 Å². The van der Waals surface area contributed by atoms with Gasteiger partial charge >= 0.3 is 5.97 Å². The SMILES string of the molecule is CCOC(=O)[C@H]1C[C@@]2(C)CC[C@@H]1C2(C)C. The average molecular weight is 210 g/mol. The van der Waals surface area contributed by atoms with E-state index < -0.39 is 0 Å². The van der Waals surface area contributed by atoms with Crippen LogP contribution in [-0.4, -0.2) is 12.6 Å². The van der Waals surface area contributed by atoms with Crippen molar-refractivity contribution >= 4 is 5.97 Å². The van der Waals surface area contributed by atoms with Gasteiger partial charge < -0.3 is 4.74 Å². The number of carbonyl (C=O) groups is 1. The summed E-state index contributed by atoms with van der Waals surface area (Å²) in [6.45, 7) is 9.39. The van der Waals surface area contributed by atoms with Crippen molar-refractivity contribution in [3.63, 3.8) is 0 Å². The van der Waals surface area contributed by atoms with E-state index in [1.807, 2.05) is 6.92 Å². The van der Waals surface area contributed by atoms with E-state index in [9.17, 15) is 4.79 Å². The van der Waals surface area contributed by atoms with Gasteiger partial charge in [-0.25, -0.2) is 0 Å². The summed E-state index contributed by atoms with van der Waals surface area (Å²) in [5, 5.41) is 0. The molecule has 0 amide bonds. The van der Waals surface area contributed by atoms with Crippen LogP contribution in [0.1, 0.15) is 47.0 Å². The molecule has 0 saturated heterocycles. The van der Waals surface area contributed by atoms with Gasteiger partial charge in [0.05, 0.1) is 12.5 Å². The fraction of sp³-hybridized carbons (Fsp3) is 0.923. The first-order chi connectivity index (χ1) is 6.92.